The van der Waals surface area contributed by atoms with E-state index in [1.54, 1.807) is 48.7 Å². The van der Waals surface area contributed by atoms with Crippen LogP contribution in [0.1, 0.15) is 16.1 Å². The zero-order valence-corrected chi connectivity index (χ0v) is 14.9. The molecule has 0 aliphatic heterocycles. The molecule has 6 heteroatoms. The van der Waals surface area contributed by atoms with Crippen LogP contribution in [-0.2, 0) is 4.74 Å². The molecule has 0 unspecified atom stereocenters. The number of rotatable bonds is 6. The third-order valence-corrected chi connectivity index (χ3v) is 3.78. The number of ether oxygens (including phenoxy) is 1. The molecule has 0 atom stereocenters. The van der Waals surface area contributed by atoms with Gasteiger partial charge in [0.2, 0.25) is 0 Å². The largest absolute Gasteiger partial charge is 0.455 e. The van der Waals surface area contributed by atoms with Gasteiger partial charge in [-0.3, -0.25) is 5.43 Å². The minimum atomic E-state index is -0.477. The molecule has 0 radical (unpaired) electrons. The molecule has 1 N–H and O–H groups in total. The molecule has 0 aliphatic rings. The van der Waals surface area contributed by atoms with Crippen LogP contribution in [0.2, 0.25) is 5.02 Å². The van der Waals surface area contributed by atoms with Crippen molar-refractivity contribution in [3.63, 3.8) is 0 Å². The maximum atomic E-state index is 11.9. The number of hydrogen-bond acceptors (Lipinski definition) is 5. The fourth-order valence-corrected chi connectivity index (χ4v) is 2.39. The highest BCUT2D eigenvalue weighted by atomic mass is 35.5. The maximum absolute atomic E-state index is 11.9. The maximum Gasteiger partial charge on any atom is 0.339 e. The lowest BCUT2D eigenvalue weighted by Gasteiger charge is -2.03. The van der Waals surface area contributed by atoms with Gasteiger partial charge in [0, 0.05) is 10.6 Å². The molecule has 0 saturated heterocycles. The summed E-state index contributed by atoms with van der Waals surface area (Å²) >= 11 is 5.84. The predicted molar refractivity (Wildman–Crippen MR) is 106 cm³/mol. The van der Waals surface area contributed by atoms with E-state index in [4.69, 9.17) is 27.2 Å². The van der Waals surface area contributed by atoms with Crippen LogP contribution < -0.4 is 5.43 Å². The van der Waals surface area contributed by atoms with Gasteiger partial charge in [-0.1, -0.05) is 29.7 Å². The number of halogens is 1. The van der Waals surface area contributed by atoms with Gasteiger partial charge >= 0.3 is 5.97 Å². The van der Waals surface area contributed by atoms with Gasteiger partial charge in [0.1, 0.15) is 11.5 Å². The number of anilines is 1. The lowest BCUT2D eigenvalue weighted by Crippen LogP contribution is -2.05. The Balaban J connectivity index is 1.68. The summed E-state index contributed by atoms with van der Waals surface area (Å²) in [5.41, 5.74) is 4.84. The first-order chi connectivity index (χ1) is 13.2. The topological polar surface area (TPSA) is 63.8 Å². The van der Waals surface area contributed by atoms with E-state index in [9.17, 15) is 4.79 Å². The van der Waals surface area contributed by atoms with E-state index in [1.807, 2.05) is 18.2 Å². The van der Waals surface area contributed by atoms with Gasteiger partial charge in [-0.2, -0.15) is 5.10 Å². The summed E-state index contributed by atoms with van der Waals surface area (Å²) in [4.78, 5) is 11.9. The second kappa shape index (κ2) is 8.75. The fourth-order valence-electron chi connectivity index (χ4n) is 2.26. The average molecular weight is 379 g/mol. The van der Waals surface area contributed by atoms with Gasteiger partial charge < -0.3 is 9.15 Å². The number of hydrazone groups is 1. The first-order valence-corrected chi connectivity index (χ1v) is 8.39. The van der Waals surface area contributed by atoms with Crippen LogP contribution in [0.4, 0.5) is 5.69 Å². The summed E-state index contributed by atoms with van der Waals surface area (Å²) in [5.74, 6) is 2.95. The number of benzene rings is 2. The number of hydrogen-bond donors (Lipinski definition) is 1. The monoisotopic (exact) mass is 378 g/mol. The van der Waals surface area contributed by atoms with Gasteiger partial charge in [0.05, 0.1) is 17.5 Å². The van der Waals surface area contributed by atoms with Crippen LogP contribution in [0.3, 0.4) is 0 Å². The van der Waals surface area contributed by atoms with Gasteiger partial charge in [0.25, 0.3) is 0 Å². The van der Waals surface area contributed by atoms with Crippen molar-refractivity contribution in [1.29, 1.82) is 0 Å². The van der Waals surface area contributed by atoms with E-state index in [0.29, 0.717) is 22.1 Å². The summed E-state index contributed by atoms with van der Waals surface area (Å²) in [7, 11) is 0. The normalized spacial score (nSPS) is 10.5. The van der Waals surface area contributed by atoms with Crippen LogP contribution in [0.5, 0.6) is 0 Å². The van der Waals surface area contributed by atoms with Crippen molar-refractivity contribution in [2.75, 3.05) is 12.0 Å². The predicted octanol–water partition coefficient (Wildman–Crippen LogP) is 4.84. The Labute approximate surface area is 161 Å². The average Bonchev–Trinajstić information content (AvgIpc) is 3.17. The van der Waals surface area contributed by atoms with E-state index in [-0.39, 0.29) is 6.61 Å². The van der Waals surface area contributed by atoms with Crippen molar-refractivity contribution < 1.29 is 13.9 Å². The summed E-state index contributed by atoms with van der Waals surface area (Å²) < 4.78 is 10.7. The van der Waals surface area contributed by atoms with Gasteiger partial charge in [-0.15, -0.1) is 6.42 Å². The molecule has 0 fully saturated rings. The SMILES string of the molecule is C#CCOC(=O)c1cccc(-c2ccc(C=NNc3ccc(Cl)cc3)o2)c1. The number of carbonyl (C=O) groups excluding carboxylic acids is 1. The van der Waals surface area contributed by atoms with Crippen molar-refractivity contribution in [1.82, 2.24) is 0 Å². The van der Waals surface area contributed by atoms with Crippen molar-refractivity contribution in [2.24, 2.45) is 5.10 Å². The smallest absolute Gasteiger partial charge is 0.339 e. The molecular weight excluding hydrogens is 364 g/mol. The Morgan fingerprint density at radius 3 is 2.81 bits per heavy atom. The molecule has 5 nitrogen and oxygen atoms in total. The molecule has 0 amide bonds. The highest BCUT2D eigenvalue weighted by molar-refractivity contribution is 6.30. The number of nitrogens with zero attached hydrogens (tertiary/aromatic N) is 1. The molecule has 3 aromatic rings. The summed E-state index contributed by atoms with van der Waals surface area (Å²) in [6, 6.07) is 17.7. The second-order valence-electron chi connectivity index (χ2n) is 5.44. The Hall–Kier alpha value is -3.49. The quantitative estimate of drug-likeness (QED) is 0.288. The molecule has 2 aromatic carbocycles. The molecule has 0 spiro atoms. The van der Waals surface area contributed by atoms with Gasteiger partial charge in [-0.05, 0) is 48.5 Å². The molecular formula is C21H15ClN2O3. The molecule has 1 aromatic heterocycles. The fraction of sp³-hybridized carbons (Fsp3) is 0.0476. The third kappa shape index (κ3) is 5.00. The minimum absolute atomic E-state index is 0.0644. The van der Waals surface area contributed by atoms with E-state index >= 15 is 0 Å². The summed E-state index contributed by atoms with van der Waals surface area (Å²) in [6.07, 6.45) is 6.66. The standard InChI is InChI=1S/C21H15ClN2O3/c1-2-12-26-21(25)16-5-3-4-15(13-16)20-11-10-19(27-20)14-23-24-18-8-6-17(22)7-9-18/h1,3-11,13-14,24H,12H2. The first kappa shape index (κ1) is 18.3. The molecule has 3 rings (SSSR count). The lowest BCUT2D eigenvalue weighted by atomic mass is 10.1. The number of terminal acetylenes is 1. The first-order valence-electron chi connectivity index (χ1n) is 8.01. The third-order valence-electron chi connectivity index (χ3n) is 3.53. The van der Waals surface area contributed by atoms with Crippen molar-refractivity contribution in [3.8, 4) is 23.7 Å². The zero-order chi connectivity index (χ0) is 19.1. The molecule has 0 aliphatic carbocycles. The number of furan rings is 1. The van der Waals surface area contributed by atoms with Crippen LogP contribution >= 0.6 is 11.6 Å². The molecule has 0 bridgehead atoms. The highest BCUT2D eigenvalue weighted by Crippen LogP contribution is 2.23. The molecule has 1 heterocycles. The zero-order valence-electron chi connectivity index (χ0n) is 14.2. The van der Waals surface area contributed by atoms with Crippen LogP contribution in [0.25, 0.3) is 11.3 Å². The second-order valence-corrected chi connectivity index (χ2v) is 5.88. The van der Waals surface area contributed by atoms with E-state index in [2.05, 4.69) is 16.4 Å². The Morgan fingerprint density at radius 1 is 1.22 bits per heavy atom. The van der Waals surface area contributed by atoms with Gasteiger partial charge in [0.15, 0.2) is 6.61 Å². The number of esters is 1. The van der Waals surface area contributed by atoms with E-state index in [1.165, 1.54) is 0 Å². The van der Waals surface area contributed by atoms with Crippen molar-refractivity contribution in [3.05, 3.63) is 77.0 Å². The van der Waals surface area contributed by atoms with E-state index in [0.717, 1.165) is 11.3 Å². The number of carbonyl (C=O) groups is 1. The molecule has 27 heavy (non-hydrogen) atoms. The van der Waals surface area contributed by atoms with Crippen LogP contribution in [0, 0.1) is 12.3 Å². The highest BCUT2D eigenvalue weighted by Gasteiger charge is 2.10. The molecule has 0 saturated carbocycles. The summed E-state index contributed by atoms with van der Waals surface area (Å²) in [5, 5.41) is 4.78. The Bertz CT molecular complexity index is 1000. The van der Waals surface area contributed by atoms with Crippen molar-refractivity contribution in [2.45, 2.75) is 0 Å². The number of nitrogens with one attached hydrogen (secondary N) is 1. The summed E-state index contributed by atoms with van der Waals surface area (Å²) in [6.45, 7) is -0.0644. The van der Waals surface area contributed by atoms with Gasteiger partial charge in [-0.25, -0.2) is 4.79 Å². The molecule has 134 valence electrons. The minimum Gasteiger partial charge on any atom is -0.455 e. The van der Waals surface area contributed by atoms with Crippen LogP contribution in [-0.4, -0.2) is 18.8 Å². The Morgan fingerprint density at radius 2 is 2.04 bits per heavy atom. The lowest BCUT2D eigenvalue weighted by molar-refractivity contribution is 0.0557. The van der Waals surface area contributed by atoms with E-state index < -0.39 is 5.97 Å². The van der Waals surface area contributed by atoms with Crippen LogP contribution in [0.15, 0.2) is 70.2 Å². The Kier molecular flexibility index (Phi) is 5.93. The van der Waals surface area contributed by atoms with Crippen molar-refractivity contribution >= 4 is 29.5 Å².